The van der Waals surface area contributed by atoms with Crippen LogP contribution in [0.3, 0.4) is 0 Å². The second-order valence-corrected chi connectivity index (χ2v) is 14.9. The number of hydrogen-bond donors (Lipinski definition) is 0. The van der Waals surface area contributed by atoms with Gasteiger partial charge in [0.05, 0.1) is 45.6 Å². The second kappa shape index (κ2) is 14.8. The largest absolute Gasteiger partial charge is 2.00 e. The zero-order valence-corrected chi connectivity index (χ0v) is 29.5. The van der Waals surface area contributed by atoms with Crippen molar-refractivity contribution in [2.45, 2.75) is 20.7 Å². The fourth-order valence-corrected chi connectivity index (χ4v) is 6.60. The van der Waals surface area contributed by atoms with E-state index in [0.29, 0.717) is 16.5 Å². The quantitative estimate of drug-likeness (QED) is 0.114. The molecule has 0 fully saturated rings. The first-order chi connectivity index (χ1) is 24.3. The number of carbonyl (C=O) groups excluding carboxylic acids is 2. The van der Waals surface area contributed by atoms with Crippen LogP contribution in [0.2, 0.25) is 0 Å². The summed E-state index contributed by atoms with van der Waals surface area (Å²) in [5, 5.41) is 56.8. The van der Waals surface area contributed by atoms with Gasteiger partial charge in [-0.15, -0.1) is 5.11 Å². The Bertz CT molecular complexity index is 2630. The molecule has 279 valence electrons. The van der Waals surface area contributed by atoms with E-state index in [1.165, 1.54) is 0 Å². The van der Waals surface area contributed by atoms with E-state index in [-0.39, 0.29) is 45.0 Å². The third kappa shape index (κ3) is 8.07. The predicted molar refractivity (Wildman–Crippen MR) is 168 cm³/mol. The van der Waals surface area contributed by atoms with E-state index in [2.05, 4.69) is 32.1 Å². The number of azo groups is 2. The van der Waals surface area contributed by atoms with E-state index in [4.69, 9.17) is 4.74 Å². The minimum Gasteiger partial charge on any atom is -0.871 e. The number of methoxy groups -OCH3 is 1. The molecule has 1 radical (unpaired) electrons. The molecular weight excluding hydrogens is 816 g/mol. The number of anilines is 1. The van der Waals surface area contributed by atoms with Crippen molar-refractivity contribution in [3.05, 3.63) is 72.7 Å². The van der Waals surface area contributed by atoms with Gasteiger partial charge in [0, 0.05) is 11.5 Å². The fourth-order valence-electron chi connectivity index (χ4n) is 4.61. The Kier molecular flexibility index (Phi) is 11.2. The molecule has 0 saturated heterocycles. The Morgan fingerprint density at radius 3 is 2.13 bits per heavy atom. The van der Waals surface area contributed by atoms with Gasteiger partial charge in [0.1, 0.15) is 36.6 Å². The van der Waals surface area contributed by atoms with Gasteiger partial charge in [-0.1, -0.05) is 24.1 Å². The maximum atomic E-state index is 13.5. The van der Waals surface area contributed by atoms with Crippen molar-refractivity contribution >= 4 is 81.2 Å². The van der Waals surface area contributed by atoms with Crippen LogP contribution in [0.5, 0.6) is 17.2 Å². The molecule has 1 aliphatic heterocycles. The average Bonchev–Trinajstić information content (AvgIpc) is 3.42. The summed E-state index contributed by atoms with van der Waals surface area (Å²) in [6.07, 6.45) is 0. The minimum absolute atomic E-state index is 0. The molecule has 1 aliphatic rings. The molecule has 0 saturated carbocycles. The van der Waals surface area contributed by atoms with Crippen molar-refractivity contribution in [1.29, 1.82) is 0 Å². The molecule has 5 rings (SSSR count). The van der Waals surface area contributed by atoms with Gasteiger partial charge >= 0.3 is 17.1 Å². The molecule has 0 N–H and O–H groups in total. The van der Waals surface area contributed by atoms with Crippen molar-refractivity contribution in [2.75, 3.05) is 12.1 Å². The number of hydrazone groups is 1. The van der Waals surface area contributed by atoms with Crippen LogP contribution in [0.1, 0.15) is 0 Å². The molecule has 1 unspecified atom stereocenters. The summed E-state index contributed by atoms with van der Waals surface area (Å²) >= 11 is 0. The summed E-state index contributed by atoms with van der Waals surface area (Å²) in [4.78, 5) is 22.5. The Balaban J connectivity index is 0.00000627. The maximum Gasteiger partial charge on any atom is 2.00 e. The van der Waals surface area contributed by atoms with Gasteiger partial charge in [0.2, 0.25) is 9.84 Å². The monoisotopic (exact) mass is 832 g/mol. The number of nitrogens with zero attached hydrogens (tertiary/aromatic N) is 6. The molecule has 53 heavy (non-hydrogen) atoms. The Morgan fingerprint density at radius 2 is 1.57 bits per heavy atom. The van der Waals surface area contributed by atoms with E-state index >= 15 is 0 Å². The SMILES string of the molecule is C=CS(=O)(=O)c1cc([O-])c(N=Nc2c(S(=O)(=O)[O-])cc3ccc(N=NC4C(=O)N(c5ccc(S(=O)(=O)[O-])cc5)N=C4C(=O)[O-])cc3c2[O-])cc1OC.[Cu+2]. The van der Waals surface area contributed by atoms with Crippen molar-refractivity contribution in [3.63, 3.8) is 0 Å². The number of fused-ring (bicyclic) bond motifs is 1. The van der Waals surface area contributed by atoms with Crippen LogP contribution in [-0.2, 0) is 56.7 Å². The van der Waals surface area contributed by atoms with E-state index < -0.39 is 91.3 Å². The Labute approximate surface area is 309 Å². The molecule has 0 spiro atoms. The number of sulfone groups is 1. The van der Waals surface area contributed by atoms with E-state index in [0.717, 1.165) is 61.7 Å². The van der Waals surface area contributed by atoms with Gasteiger partial charge in [0.15, 0.2) is 6.04 Å². The van der Waals surface area contributed by atoms with Crippen LogP contribution in [0.15, 0.2) is 113 Å². The van der Waals surface area contributed by atoms with Gasteiger partial charge in [-0.3, -0.25) is 4.79 Å². The third-order valence-corrected chi connectivity index (χ3v) is 10.2. The number of amides is 1. The van der Waals surface area contributed by atoms with Gasteiger partial charge in [0.25, 0.3) is 5.91 Å². The van der Waals surface area contributed by atoms with Crippen molar-refractivity contribution in [3.8, 4) is 17.2 Å². The van der Waals surface area contributed by atoms with E-state index in [1.54, 1.807) is 0 Å². The number of hydrogen-bond acceptors (Lipinski definition) is 19. The third-order valence-electron chi connectivity index (χ3n) is 7.09. The van der Waals surface area contributed by atoms with Crippen LogP contribution in [0.25, 0.3) is 10.8 Å². The van der Waals surface area contributed by atoms with Crippen molar-refractivity contribution in [2.24, 2.45) is 25.6 Å². The normalized spacial score (nSPS) is 15.2. The number of carboxylic acid groups (broad SMARTS) is 1. The molecule has 1 heterocycles. The molecule has 4 aromatic carbocycles. The number of aliphatic carboxylic acids is 1. The summed E-state index contributed by atoms with van der Waals surface area (Å²) in [6.45, 7) is 3.16. The average molecular weight is 833 g/mol. The first kappa shape index (κ1) is 40.2. The van der Waals surface area contributed by atoms with Gasteiger partial charge in [-0.25, -0.2) is 25.3 Å². The van der Waals surface area contributed by atoms with E-state index in [1.807, 2.05) is 0 Å². The molecule has 0 bridgehead atoms. The standard InChI is InChI=1S/C29H22N6O14S3.Cu/c1-3-50(41,42)22-13-20(36)19(12-21(22)49-2)31-32-24-23(52(46,47)48)10-14-4-5-15(11-18(14)27(24)37)30-33-25-26(29(39)40)34-35(28(25)38)16-6-8-17(9-7-16)51(43,44)45;/h3-13,25,36-37H,1H2,2H3,(H,39,40)(H,43,44,45)(H,46,47,48);/q;+2/p-5. The molecule has 0 aromatic heterocycles. The zero-order chi connectivity index (χ0) is 38.3. The summed E-state index contributed by atoms with van der Waals surface area (Å²) in [5.74, 6) is -5.62. The smallest absolute Gasteiger partial charge is 0.871 e. The van der Waals surface area contributed by atoms with Crippen molar-refractivity contribution in [1.82, 2.24) is 0 Å². The van der Waals surface area contributed by atoms with Gasteiger partial charge in [-0.2, -0.15) is 25.5 Å². The molecule has 0 aliphatic carbocycles. The van der Waals surface area contributed by atoms with Crippen LogP contribution in [0, 0.1) is 0 Å². The van der Waals surface area contributed by atoms with Gasteiger partial charge < -0.3 is 34.0 Å². The first-order valence-corrected chi connectivity index (χ1v) is 18.2. The number of carbonyl (C=O) groups is 2. The van der Waals surface area contributed by atoms with Gasteiger partial charge in [-0.05, 0) is 59.3 Å². The fraction of sp³-hybridized carbons (Fsp3) is 0.0690. The maximum absolute atomic E-state index is 13.5. The minimum atomic E-state index is -5.40. The summed E-state index contributed by atoms with van der Waals surface area (Å²) in [5.41, 5.74) is -2.90. The summed E-state index contributed by atoms with van der Waals surface area (Å²) in [7, 11) is -13.3. The molecule has 1 atom stereocenters. The Morgan fingerprint density at radius 1 is 0.906 bits per heavy atom. The van der Waals surface area contributed by atoms with Crippen LogP contribution in [-0.4, -0.2) is 65.1 Å². The number of ether oxygens (including phenoxy) is 1. The van der Waals surface area contributed by atoms with Crippen LogP contribution < -0.4 is 25.1 Å². The summed E-state index contributed by atoms with van der Waals surface area (Å²) in [6, 6.07) is 7.45. The van der Waals surface area contributed by atoms with Crippen molar-refractivity contribution < 1.29 is 81.1 Å². The second-order valence-electron chi connectivity index (χ2n) is 10.3. The number of carboxylic acids is 1. The predicted octanol–water partition coefficient (Wildman–Crippen LogP) is 0.739. The Hall–Kier alpha value is -5.62. The first-order valence-electron chi connectivity index (χ1n) is 13.8. The molecule has 4 aromatic rings. The van der Waals surface area contributed by atoms with E-state index in [9.17, 15) is 59.3 Å². The molecule has 24 heteroatoms. The number of benzene rings is 4. The van der Waals surface area contributed by atoms with Crippen LogP contribution in [0.4, 0.5) is 22.7 Å². The topological polar surface area (TPSA) is 326 Å². The molecule has 1 amide bonds. The summed E-state index contributed by atoms with van der Waals surface area (Å²) < 4.78 is 99.5. The zero-order valence-electron chi connectivity index (χ0n) is 26.1. The molecule has 20 nitrogen and oxygen atoms in total. The molecular formula is C29H17CuN6O14S3-3. The van der Waals surface area contributed by atoms with Crippen LogP contribution >= 0.6 is 0 Å². The number of rotatable bonds is 11.